The summed E-state index contributed by atoms with van der Waals surface area (Å²) >= 11 is 1.56. The molecule has 1 aromatic heterocycles. The number of benzene rings is 1. The molecule has 0 atom stereocenters. The van der Waals surface area contributed by atoms with Gasteiger partial charge in [-0.3, -0.25) is 4.79 Å². The summed E-state index contributed by atoms with van der Waals surface area (Å²) in [5, 5.41) is 9.67. The summed E-state index contributed by atoms with van der Waals surface area (Å²) in [5.41, 5.74) is 0.328. The van der Waals surface area contributed by atoms with Crippen molar-refractivity contribution >= 4 is 17.7 Å². The van der Waals surface area contributed by atoms with Gasteiger partial charge >= 0.3 is 5.97 Å². The zero-order valence-electron chi connectivity index (χ0n) is 14.1. The van der Waals surface area contributed by atoms with Crippen LogP contribution < -0.4 is 4.74 Å². The number of carboxylic acid groups (broad SMARTS) is 1. The molecule has 2 aromatic rings. The van der Waals surface area contributed by atoms with Crippen molar-refractivity contribution in [3.8, 4) is 16.9 Å². The molecule has 138 valence electrons. The summed E-state index contributed by atoms with van der Waals surface area (Å²) in [6.45, 7) is 0.0835. The molecule has 0 saturated heterocycles. The number of halogens is 2. The Balaban J connectivity index is 1.79. The van der Waals surface area contributed by atoms with Crippen LogP contribution in [0.4, 0.5) is 8.78 Å². The lowest BCUT2D eigenvalue weighted by Gasteiger charge is -2.25. The zero-order chi connectivity index (χ0) is 18.5. The summed E-state index contributed by atoms with van der Waals surface area (Å²) in [4.78, 5) is 14.8. The number of aromatic nitrogens is 1. The molecule has 26 heavy (non-hydrogen) atoms. The van der Waals surface area contributed by atoms with Crippen LogP contribution in [0.3, 0.4) is 0 Å². The van der Waals surface area contributed by atoms with Gasteiger partial charge < -0.3 is 9.84 Å². The second-order valence-electron chi connectivity index (χ2n) is 6.13. The third-order valence-electron chi connectivity index (χ3n) is 4.19. The van der Waals surface area contributed by atoms with E-state index in [1.165, 1.54) is 6.42 Å². The van der Waals surface area contributed by atoms with Crippen LogP contribution in [0.25, 0.3) is 11.1 Å². The third kappa shape index (κ3) is 4.52. The first-order chi connectivity index (χ1) is 12.5. The maximum Gasteiger partial charge on any atom is 0.303 e. The number of aliphatic carboxylic acids is 1. The highest BCUT2D eigenvalue weighted by Gasteiger charge is 2.23. The molecule has 1 heterocycles. The van der Waals surface area contributed by atoms with Crippen molar-refractivity contribution in [2.24, 2.45) is 0 Å². The van der Waals surface area contributed by atoms with Gasteiger partial charge in [-0.2, -0.15) is 0 Å². The first kappa shape index (κ1) is 18.6. The van der Waals surface area contributed by atoms with Crippen LogP contribution in [0.2, 0.25) is 0 Å². The van der Waals surface area contributed by atoms with E-state index in [4.69, 9.17) is 9.84 Å². The molecule has 1 N–H and O–H groups in total. The Kier molecular flexibility index (Phi) is 6.08. The van der Waals surface area contributed by atoms with Gasteiger partial charge in [-0.05, 0) is 31.4 Å². The van der Waals surface area contributed by atoms with Crippen molar-refractivity contribution in [1.82, 2.24) is 4.98 Å². The van der Waals surface area contributed by atoms with E-state index >= 15 is 0 Å². The van der Waals surface area contributed by atoms with E-state index in [2.05, 4.69) is 4.98 Å². The van der Waals surface area contributed by atoms with Crippen molar-refractivity contribution in [1.29, 1.82) is 0 Å². The normalized spacial score (nSPS) is 14.1. The van der Waals surface area contributed by atoms with Crippen LogP contribution in [-0.2, 0) is 4.79 Å². The molecular weight excluding hydrogens is 360 g/mol. The molecule has 0 aliphatic heterocycles. The maximum absolute atomic E-state index is 14.6. The number of thioether (sulfide) groups is 1. The Morgan fingerprint density at radius 3 is 2.65 bits per heavy atom. The summed E-state index contributed by atoms with van der Waals surface area (Å²) in [7, 11) is 0. The van der Waals surface area contributed by atoms with E-state index in [9.17, 15) is 13.6 Å². The standard InChI is InChI=1S/C19H19F2NO3S/c20-15-10-12(25-9-3-7-17(23)24)11-16(21)18(15)14-6-2-8-22-19(14)26-13-4-1-5-13/h2,6,8,10-11,13H,1,3-5,7,9H2,(H,23,24). The smallest absolute Gasteiger partial charge is 0.303 e. The van der Waals surface area contributed by atoms with Gasteiger partial charge in [0.05, 0.1) is 12.2 Å². The van der Waals surface area contributed by atoms with Crippen molar-refractivity contribution < 1.29 is 23.4 Å². The number of hydrogen-bond donors (Lipinski definition) is 1. The lowest BCUT2D eigenvalue weighted by Crippen LogP contribution is -2.13. The second kappa shape index (κ2) is 8.49. The fourth-order valence-electron chi connectivity index (χ4n) is 2.63. The third-order valence-corrected chi connectivity index (χ3v) is 5.54. The van der Waals surface area contributed by atoms with E-state index in [-0.39, 0.29) is 30.8 Å². The summed E-state index contributed by atoms with van der Waals surface area (Å²) in [6, 6.07) is 5.59. The lowest BCUT2D eigenvalue weighted by molar-refractivity contribution is -0.137. The number of carbonyl (C=O) groups is 1. The van der Waals surface area contributed by atoms with Gasteiger partial charge in [0.1, 0.15) is 22.4 Å². The van der Waals surface area contributed by atoms with E-state index in [1.54, 1.807) is 30.1 Å². The summed E-state index contributed by atoms with van der Waals surface area (Å²) in [5.74, 6) is -2.33. The monoisotopic (exact) mass is 379 g/mol. The maximum atomic E-state index is 14.6. The van der Waals surface area contributed by atoms with Gasteiger partial charge in [0.15, 0.2) is 0 Å². The van der Waals surface area contributed by atoms with Gasteiger partial charge in [-0.15, -0.1) is 11.8 Å². The molecule has 0 bridgehead atoms. The zero-order valence-corrected chi connectivity index (χ0v) is 14.9. The van der Waals surface area contributed by atoms with Crippen LogP contribution in [0, 0.1) is 11.6 Å². The van der Waals surface area contributed by atoms with Gasteiger partial charge in [0.25, 0.3) is 0 Å². The van der Waals surface area contributed by atoms with Crippen LogP contribution in [-0.4, -0.2) is 27.9 Å². The minimum atomic E-state index is -0.936. The van der Waals surface area contributed by atoms with Gasteiger partial charge in [0, 0.05) is 35.6 Å². The number of rotatable bonds is 8. The molecule has 3 rings (SSSR count). The van der Waals surface area contributed by atoms with Crippen LogP contribution in [0.15, 0.2) is 35.5 Å². The largest absolute Gasteiger partial charge is 0.493 e. The van der Waals surface area contributed by atoms with E-state index in [1.807, 2.05) is 0 Å². The number of carboxylic acids is 1. The minimum absolute atomic E-state index is 0.0474. The quantitative estimate of drug-likeness (QED) is 0.660. The molecule has 1 aliphatic rings. The fraction of sp³-hybridized carbons (Fsp3) is 0.368. The van der Waals surface area contributed by atoms with Crippen molar-refractivity contribution in [3.63, 3.8) is 0 Å². The number of pyridine rings is 1. The number of ether oxygens (including phenoxy) is 1. The molecule has 1 aromatic carbocycles. The van der Waals surface area contributed by atoms with Crippen molar-refractivity contribution in [3.05, 3.63) is 42.1 Å². The van der Waals surface area contributed by atoms with Crippen LogP contribution in [0.5, 0.6) is 5.75 Å². The van der Waals surface area contributed by atoms with E-state index in [0.717, 1.165) is 25.0 Å². The Labute approximate surface area is 154 Å². The average molecular weight is 379 g/mol. The lowest BCUT2D eigenvalue weighted by atomic mass is 10.00. The highest BCUT2D eigenvalue weighted by Crippen LogP contribution is 2.41. The Morgan fingerprint density at radius 1 is 1.31 bits per heavy atom. The molecule has 0 spiro atoms. The first-order valence-electron chi connectivity index (χ1n) is 8.50. The van der Waals surface area contributed by atoms with Crippen molar-refractivity contribution in [2.45, 2.75) is 42.4 Å². The highest BCUT2D eigenvalue weighted by molar-refractivity contribution is 8.00. The Bertz CT molecular complexity index is 773. The molecular formula is C19H19F2NO3S. The number of hydrogen-bond acceptors (Lipinski definition) is 4. The molecule has 1 saturated carbocycles. The fourth-order valence-corrected chi connectivity index (χ4v) is 3.93. The summed E-state index contributed by atoms with van der Waals surface area (Å²) in [6.07, 6.45) is 5.20. The molecule has 7 heteroatoms. The number of nitrogens with zero attached hydrogens (tertiary/aromatic N) is 1. The first-order valence-corrected chi connectivity index (χ1v) is 9.38. The SMILES string of the molecule is O=C(O)CCCOc1cc(F)c(-c2cccnc2SC2CCC2)c(F)c1. The highest BCUT2D eigenvalue weighted by atomic mass is 32.2. The van der Waals surface area contributed by atoms with Crippen LogP contribution in [0.1, 0.15) is 32.1 Å². The molecule has 1 fully saturated rings. The second-order valence-corrected chi connectivity index (χ2v) is 7.42. The Morgan fingerprint density at radius 2 is 2.04 bits per heavy atom. The topological polar surface area (TPSA) is 59.4 Å². The van der Waals surface area contributed by atoms with E-state index in [0.29, 0.717) is 15.8 Å². The molecule has 1 aliphatic carbocycles. The molecule has 0 unspecified atom stereocenters. The Hall–Kier alpha value is -2.15. The van der Waals surface area contributed by atoms with Crippen LogP contribution >= 0.6 is 11.8 Å². The molecule has 0 radical (unpaired) electrons. The average Bonchev–Trinajstić information content (AvgIpc) is 2.55. The van der Waals surface area contributed by atoms with E-state index < -0.39 is 17.6 Å². The minimum Gasteiger partial charge on any atom is -0.493 e. The van der Waals surface area contributed by atoms with Gasteiger partial charge in [-0.1, -0.05) is 6.42 Å². The molecule has 4 nitrogen and oxygen atoms in total. The predicted molar refractivity (Wildman–Crippen MR) is 95.4 cm³/mol. The van der Waals surface area contributed by atoms with Gasteiger partial charge in [-0.25, -0.2) is 13.8 Å². The molecule has 0 amide bonds. The van der Waals surface area contributed by atoms with Crippen molar-refractivity contribution in [2.75, 3.05) is 6.61 Å². The predicted octanol–water partition coefficient (Wildman–Crippen LogP) is 4.92. The summed E-state index contributed by atoms with van der Waals surface area (Å²) < 4.78 is 34.5. The van der Waals surface area contributed by atoms with Gasteiger partial charge in [0.2, 0.25) is 0 Å².